The molecule has 1 aromatic carbocycles. The molecule has 0 unspecified atom stereocenters. The summed E-state index contributed by atoms with van der Waals surface area (Å²) in [4.78, 5) is 11.8. The standard InChI is InChI=1S/C12H14ClN3OS/c13-7-1-4-9(12(14)18)10(5-7)15-6-11(17)16-8-2-3-8/h1,4-5,8,15H,2-3,6H2,(H2,14,18)(H,16,17). The van der Waals surface area contributed by atoms with Crippen LogP contribution in [0.25, 0.3) is 0 Å². The molecule has 6 heteroatoms. The SMILES string of the molecule is NC(=S)c1ccc(Cl)cc1NCC(=O)NC1CC1. The molecule has 4 N–H and O–H groups in total. The van der Waals surface area contributed by atoms with E-state index in [2.05, 4.69) is 10.6 Å². The van der Waals surface area contributed by atoms with Crippen molar-refractivity contribution in [3.8, 4) is 0 Å². The maximum absolute atomic E-state index is 11.6. The van der Waals surface area contributed by atoms with E-state index in [-0.39, 0.29) is 17.4 Å². The Balaban J connectivity index is 2.00. The van der Waals surface area contributed by atoms with Gasteiger partial charge in [0.2, 0.25) is 5.91 Å². The van der Waals surface area contributed by atoms with Crippen LogP contribution in [-0.4, -0.2) is 23.5 Å². The van der Waals surface area contributed by atoms with Crippen LogP contribution in [0.1, 0.15) is 18.4 Å². The number of hydrogen-bond donors (Lipinski definition) is 3. The number of carbonyl (C=O) groups is 1. The van der Waals surface area contributed by atoms with Crippen LogP contribution in [-0.2, 0) is 4.79 Å². The molecular formula is C12H14ClN3OS. The highest BCUT2D eigenvalue weighted by Crippen LogP contribution is 2.21. The van der Waals surface area contributed by atoms with E-state index in [4.69, 9.17) is 29.6 Å². The van der Waals surface area contributed by atoms with Gasteiger partial charge in [-0.1, -0.05) is 23.8 Å². The topological polar surface area (TPSA) is 67.1 Å². The summed E-state index contributed by atoms with van der Waals surface area (Å²) in [5, 5.41) is 6.46. The quantitative estimate of drug-likeness (QED) is 0.719. The van der Waals surface area contributed by atoms with Crippen molar-refractivity contribution in [2.75, 3.05) is 11.9 Å². The van der Waals surface area contributed by atoms with Gasteiger partial charge < -0.3 is 16.4 Å². The highest BCUT2D eigenvalue weighted by atomic mass is 35.5. The van der Waals surface area contributed by atoms with E-state index in [1.54, 1.807) is 18.2 Å². The lowest BCUT2D eigenvalue weighted by atomic mass is 10.2. The molecule has 1 aliphatic rings. The summed E-state index contributed by atoms with van der Waals surface area (Å²) in [6.45, 7) is 0.187. The van der Waals surface area contributed by atoms with Crippen LogP contribution < -0.4 is 16.4 Å². The first-order chi connectivity index (χ1) is 8.56. The first-order valence-electron chi connectivity index (χ1n) is 5.69. The number of halogens is 1. The minimum Gasteiger partial charge on any atom is -0.389 e. The number of nitrogens with two attached hydrogens (primary N) is 1. The molecular weight excluding hydrogens is 270 g/mol. The Morgan fingerprint density at radius 1 is 1.50 bits per heavy atom. The molecule has 0 atom stereocenters. The molecule has 4 nitrogen and oxygen atoms in total. The predicted molar refractivity (Wildman–Crippen MR) is 77.0 cm³/mol. The summed E-state index contributed by atoms with van der Waals surface area (Å²) in [5.41, 5.74) is 6.98. The van der Waals surface area contributed by atoms with E-state index >= 15 is 0 Å². The Kier molecular flexibility index (Phi) is 4.04. The van der Waals surface area contributed by atoms with Gasteiger partial charge in [0.25, 0.3) is 0 Å². The van der Waals surface area contributed by atoms with Crippen LogP contribution in [0.5, 0.6) is 0 Å². The van der Waals surface area contributed by atoms with Gasteiger partial charge in [0.1, 0.15) is 4.99 Å². The average molecular weight is 284 g/mol. The number of rotatable bonds is 5. The van der Waals surface area contributed by atoms with Crippen molar-refractivity contribution in [2.24, 2.45) is 5.73 Å². The number of hydrogen-bond acceptors (Lipinski definition) is 3. The zero-order valence-electron chi connectivity index (χ0n) is 9.70. The molecule has 0 aromatic heterocycles. The third-order valence-corrected chi connectivity index (χ3v) is 3.08. The third-order valence-electron chi connectivity index (χ3n) is 2.63. The summed E-state index contributed by atoms with van der Waals surface area (Å²) in [7, 11) is 0. The third kappa shape index (κ3) is 3.58. The van der Waals surface area contributed by atoms with E-state index < -0.39 is 0 Å². The van der Waals surface area contributed by atoms with Crippen LogP contribution >= 0.6 is 23.8 Å². The smallest absolute Gasteiger partial charge is 0.239 e. The van der Waals surface area contributed by atoms with Crippen LogP contribution in [0.15, 0.2) is 18.2 Å². The van der Waals surface area contributed by atoms with Crippen molar-refractivity contribution in [3.63, 3.8) is 0 Å². The fourth-order valence-electron chi connectivity index (χ4n) is 1.56. The molecule has 1 fully saturated rings. The van der Waals surface area contributed by atoms with Crippen molar-refractivity contribution in [1.29, 1.82) is 0 Å². The monoisotopic (exact) mass is 283 g/mol. The van der Waals surface area contributed by atoms with Gasteiger partial charge in [-0.3, -0.25) is 4.79 Å². The lowest BCUT2D eigenvalue weighted by Crippen LogP contribution is -2.31. The Hall–Kier alpha value is -1.33. The second kappa shape index (κ2) is 5.54. The fourth-order valence-corrected chi connectivity index (χ4v) is 1.91. The number of benzene rings is 1. The average Bonchev–Trinajstić information content (AvgIpc) is 3.10. The zero-order valence-corrected chi connectivity index (χ0v) is 11.3. The van der Waals surface area contributed by atoms with Gasteiger partial charge in [0.15, 0.2) is 0 Å². The maximum atomic E-state index is 11.6. The van der Waals surface area contributed by atoms with Crippen molar-refractivity contribution in [3.05, 3.63) is 28.8 Å². The lowest BCUT2D eigenvalue weighted by molar-refractivity contribution is -0.119. The molecule has 0 aliphatic heterocycles. The molecule has 96 valence electrons. The number of nitrogens with one attached hydrogen (secondary N) is 2. The second-order valence-electron chi connectivity index (χ2n) is 4.25. The molecule has 1 amide bonds. The van der Waals surface area contributed by atoms with Crippen LogP contribution in [0.4, 0.5) is 5.69 Å². The number of thiocarbonyl (C=S) groups is 1. The molecule has 2 rings (SSSR count). The van der Waals surface area contributed by atoms with Gasteiger partial charge in [0, 0.05) is 22.3 Å². The molecule has 1 aromatic rings. The zero-order chi connectivity index (χ0) is 13.1. The van der Waals surface area contributed by atoms with Gasteiger partial charge in [-0.15, -0.1) is 0 Å². The van der Waals surface area contributed by atoms with Gasteiger partial charge in [-0.05, 0) is 31.0 Å². The van der Waals surface area contributed by atoms with Gasteiger partial charge >= 0.3 is 0 Å². The molecule has 0 saturated heterocycles. The van der Waals surface area contributed by atoms with E-state index in [9.17, 15) is 4.79 Å². The van der Waals surface area contributed by atoms with Crippen molar-refractivity contribution in [2.45, 2.75) is 18.9 Å². The summed E-state index contributed by atoms with van der Waals surface area (Å²) in [5.74, 6) is -0.0358. The van der Waals surface area contributed by atoms with Gasteiger partial charge in [-0.2, -0.15) is 0 Å². The summed E-state index contributed by atoms with van der Waals surface area (Å²) < 4.78 is 0. The Bertz CT molecular complexity index is 488. The Labute approximate surface area is 116 Å². The second-order valence-corrected chi connectivity index (χ2v) is 5.13. The van der Waals surface area contributed by atoms with Crippen LogP contribution in [0.3, 0.4) is 0 Å². The minimum absolute atomic E-state index is 0.0358. The normalized spacial score (nSPS) is 14.1. The van der Waals surface area contributed by atoms with Crippen molar-refractivity contribution >= 4 is 40.4 Å². The highest BCUT2D eigenvalue weighted by molar-refractivity contribution is 7.80. The Morgan fingerprint density at radius 2 is 2.22 bits per heavy atom. The highest BCUT2D eigenvalue weighted by Gasteiger charge is 2.22. The van der Waals surface area contributed by atoms with Crippen molar-refractivity contribution < 1.29 is 4.79 Å². The predicted octanol–water partition coefficient (Wildman–Crippen LogP) is 1.66. The summed E-state index contributed by atoms with van der Waals surface area (Å²) in [6, 6.07) is 5.52. The number of anilines is 1. The number of amides is 1. The van der Waals surface area contributed by atoms with E-state index in [0.29, 0.717) is 22.3 Å². The first kappa shape index (κ1) is 13.1. The molecule has 0 spiro atoms. The number of carbonyl (C=O) groups excluding carboxylic acids is 1. The molecule has 1 aliphatic carbocycles. The molecule has 0 bridgehead atoms. The fraction of sp³-hybridized carbons (Fsp3) is 0.333. The summed E-state index contributed by atoms with van der Waals surface area (Å²) in [6.07, 6.45) is 2.14. The van der Waals surface area contributed by atoms with E-state index in [1.807, 2.05) is 0 Å². The van der Waals surface area contributed by atoms with Gasteiger partial charge in [0.05, 0.1) is 6.54 Å². The van der Waals surface area contributed by atoms with Crippen LogP contribution in [0.2, 0.25) is 5.02 Å². The minimum atomic E-state index is -0.0358. The molecule has 18 heavy (non-hydrogen) atoms. The Morgan fingerprint density at radius 3 is 2.83 bits per heavy atom. The maximum Gasteiger partial charge on any atom is 0.239 e. The molecule has 0 radical (unpaired) electrons. The lowest BCUT2D eigenvalue weighted by Gasteiger charge is -2.11. The van der Waals surface area contributed by atoms with Crippen LogP contribution in [0, 0.1) is 0 Å². The van der Waals surface area contributed by atoms with E-state index in [0.717, 1.165) is 12.8 Å². The molecule has 1 saturated carbocycles. The summed E-state index contributed by atoms with van der Waals surface area (Å²) >= 11 is 10.9. The largest absolute Gasteiger partial charge is 0.389 e. The van der Waals surface area contributed by atoms with Crippen molar-refractivity contribution in [1.82, 2.24) is 5.32 Å². The molecule has 0 heterocycles. The van der Waals surface area contributed by atoms with Gasteiger partial charge in [-0.25, -0.2) is 0 Å². The first-order valence-corrected chi connectivity index (χ1v) is 6.47. The van der Waals surface area contributed by atoms with E-state index in [1.165, 1.54) is 0 Å².